The van der Waals surface area contributed by atoms with Gasteiger partial charge in [0.1, 0.15) is 5.15 Å². The van der Waals surface area contributed by atoms with Crippen LogP contribution in [0.4, 0.5) is 11.4 Å². The Morgan fingerprint density at radius 3 is 2.39 bits per heavy atom. The number of hydrogen-bond acceptors (Lipinski definition) is 4. The molecule has 1 N–H and O–H groups in total. The van der Waals surface area contributed by atoms with Crippen LogP contribution in [0.3, 0.4) is 0 Å². The Morgan fingerprint density at radius 1 is 1.00 bits per heavy atom. The summed E-state index contributed by atoms with van der Waals surface area (Å²) >= 11 is 5.82. The number of rotatable bonds is 4. The zero-order valence-corrected chi connectivity index (χ0v) is 10.9. The van der Waals surface area contributed by atoms with E-state index in [-0.39, 0.29) is 0 Å². The average Bonchev–Trinajstić information content (AvgIpc) is 2.38. The summed E-state index contributed by atoms with van der Waals surface area (Å²) < 4.78 is 10.4. The van der Waals surface area contributed by atoms with Crippen LogP contribution in [0.15, 0.2) is 36.5 Å². The van der Waals surface area contributed by atoms with Crippen molar-refractivity contribution in [1.29, 1.82) is 0 Å². The summed E-state index contributed by atoms with van der Waals surface area (Å²) in [6.45, 7) is 0. The van der Waals surface area contributed by atoms with Gasteiger partial charge in [0.15, 0.2) is 11.5 Å². The van der Waals surface area contributed by atoms with Crippen LogP contribution in [0.2, 0.25) is 5.15 Å². The monoisotopic (exact) mass is 264 g/mol. The number of nitrogens with one attached hydrogen (secondary N) is 1. The summed E-state index contributed by atoms with van der Waals surface area (Å²) in [5, 5.41) is 3.66. The van der Waals surface area contributed by atoms with Gasteiger partial charge in [-0.2, -0.15) is 0 Å². The van der Waals surface area contributed by atoms with Gasteiger partial charge in [0.25, 0.3) is 0 Å². The lowest BCUT2D eigenvalue weighted by atomic mass is 10.2. The molecule has 0 bridgehead atoms. The van der Waals surface area contributed by atoms with Crippen molar-refractivity contribution in [2.75, 3.05) is 19.5 Å². The summed E-state index contributed by atoms with van der Waals surface area (Å²) in [7, 11) is 3.21. The van der Waals surface area contributed by atoms with Crippen molar-refractivity contribution in [2.24, 2.45) is 0 Å². The second kappa shape index (κ2) is 5.60. The molecule has 0 saturated heterocycles. The first-order valence-corrected chi connectivity index (χ1v) is 5.71. The van der Waals surface area contributed by atoms with E-state index in [4.69, 9.17) is 21.1 Å². The highest BCUT2D eigenvalue weighted by molar-refractivity contribution is 6.29. The molecule has 4 nitrogen and oxygen atoms in total. The topological polar surface area (TPSA) is 43.4 Å². The van der Waals surface area contributed by atoms with E-state index in [0.717, 1.165) is 11.4 Å². The molecule has 0 aliphatic rings. The molecule has 0 radical (unpaired) electrons. The molecule has 18 heavy (non-hydrogen) atoms. The molecule has 2 rings (SSSR count). The fourth-order valence-corrected chi connectivity index (χ4v) is 1.73. The average molecular weight is 265 g/mol. The van der Waals surface area contributed by atoms with E-state index in [0.29, 0.717) is 16.7 Å². The zero-order valence-electron chi connectivity index (χ0n) is 10.1. The summed E-state index contributed by atoms with van der Waals surface area (Å²) in [5.74, 6) is 1.36. The fourth-order valence-electron chi connectivity index (χ4n) is 1.56. The fraction of sp³-hybridized carbons (Fsp3) is 0.154. The molecule has 0 amide bonds. The minimum atomic E-state index is 0.445. The van der Waals surface area contributed by atoms with E-state index < -0.39 is 0 Å². The van der Waals surface area contributed by atoms with Gasteiger partial charge in [0.2, 0.25) is 0 Å². The summed E-state index contributed by atoms with van der Waals surface area (Å²) in [6, 6.07) is 9.17. The van der Waals surface area contributed by atoms with Gasteiger partial charge in [-0.25, -0.2) is 4.98 Å². The van der Waals surface area contributed by atoms with Gasteiger partial charge in [-0.1, -0.05) is 11.6 Å². The highest BCUT2D eigenvalue weighted by Crippen LogP contribution is 2.31. The molecule has 94 valence electrons. The lowest BCUT2D eigenvalue weighted by molar-refractivity contribution is 0.355. The van der Waals surface area contributed by atoms with Crippen LogP contribution in [0.25, 0.3) is 0 Å². The van der Waals surface area contributed by atoms with E-state index >= 15 is 0 Å². The first-order valence-electron chi connectivity index (χ1n) is 5.33. The standard InChI is InChI=1S/C13H13ClN2O2/c1-17-11-4-3-9(7-12(11)18-2)16-10-5-6-15-13(14)8-10/h3-8H,1-2H3,(H,15,16). The van der Waals surface area contributed by atoms with Gasteiger partial charge in [0.05, 0.1) is 14.2 Å². The number of pyridine rings is 1. The van der Waals surface area contributed by atoms with Crippen molar-refractivity contribution in [3.8, 4) is 11.5 Å². The van der Waals surface area contributed by atoms with Crippen LogP contribution >= 0.6 is 11.6 Å². The normalized spacial score (nSPS) is 9.94. The Kier molecular flexibility index (Phi) is 3.89. The number of ether oxygens (including phenoxy) is 2. The third kappa shape index (κ3) is 2.84. The first kappa shape index (κ1) is 12.5. The van der Waals surface area contributed by atoms with E-state index in [1.807, 2.05) is 24.3 Å². The summed E-state index contributed by atoms with van der Waals surface area (Å²) in [6.07, 6.45) is 1.64. The van der Waals surface area contributed by atoms with Gasteiger partial charge in [0, 0.05) is 23.6 Å². The summed E-state index contributed by atoms with van der Waals surface area (Å²) in [4.78, 5) is 3.92. The maximum absolute atomic E-state index is 5.82. The Balaban J connectivity index is 2.24. The van der Waals surface area contributed by atoms with E-state index in [1.54, 1.807) is 26.5 Å². The van der Waals surface area contributed by atoms with Crippen LogP contribution < -0.4 is 14.8 Å². The number of anilines is 2. The predicted molar refractivity (Wildman–Crippen MR) is 72.1 cm³/mol. The van der Waals surface area contributed by atoms with Gasteiger partial charge in [-0.3, -0.25) is 0 Å². The van der Waals surface area contributed by atoms with Gasteiger partial charge >= 0.3 is 0 Å². The van der Waals surface area contributed by atoms with Crippen molar-refractivity contribution in [3.05, 3.63) is 41.7 Å². The third-order valence-electron chi connectivity index (χ3n) is 2.40. The molecule has 1 aromatic heterocycles. The predicted octanol–water partition coefficient (Wildman–Crippen LogP) is 3.50. The third-order valence-corrected chi connectivity index (χ3v) is 2.61. The van der Waals surface area contributed by atoms with Crippen LogP contribution in [0.5, 0.6) is 11.5 Å². The van der Waals surface area contributed by atoms with E-state index in [1.165, 1.54) is 0 Å². The molecule has 0 fully saturated rings. The van der Waals surface area contributed by atoms with Crippen LogP contribution in [0, 0.1) is 0 Å². The van der Waals surface area contributed by atoms with Crippen molar-refractivity contribution < 1.29 is 9.47 Å². The smallest absolute Gasteiger partial charge is 0.162 e. The molecular weight excluding hydrogens is 252 g/mol. The highest BCUT2D eigenvalue weighted by atomic mass is 35.5. The minimum Gasteiger partial charge on any atom is -0.493 e. The number of aromatic nitrogens is 1. The molecule has 0 spiro atoms. The number of hydrogen-bond donors (Lipinski definition) is 1. The molecule has 0 atom stereocenters. The van der Waals surface area contributed by atoms with Crippen LogP contribution in [-0.4, -0.2) is 19.2 Å². The van der Waals surface area contributed by atoms with E-state index in [9.17, 15) is 0 Å². The molecule has 0 saturated carbocycles. The molecule has 1 aromatic carbocycles. The van der Waals surface area contributed by atoms with Gasteiger partial charge in [-0.15, -0.1) is 0 Å². The maximum Gasteiger partial charge on any atom is 0.162 e. The molecule has 5 heteroatoms. The number of methoxy groups -OCH3 is 2. The van der Waals surface area contributed by atoms with Crippen molar-refractivity contribution in [1.82, 2.24) is 4.98 Å². The van der Waals surface area contributed by atoms with Crippen LogP contribution in [0.1, 0.15) is 0 Å². The largest absolute Gasteiger partial charge is 0.493 e. The van der Waals surface area contributed by atoms with Crippen molar-refractivity contribution >= 4 is 23.0 Å². The molecule has 0 unspecified atom stereocenters. The minimum absolute atomic E-state index is 0.445. The van der Waals surface area contributed by atoms with Crippen molar-refractivity contribution in [2.45, 2.75) is 0 Å². The SMILES string of the molecule is COc1ccc(Nc2ccnc(Cl)c2)cc1OC. The molecule has 1 heterocycles. The second-order valence-electron chi connectivity index (χ2n) is 3.56. The Labute approximate surface area is 111 Å². The van der Waals surface area contributed by atoms with Crippen molar-refractivity contribution in [3.63, 3.8) is 0 Å². The number of halogens is 1. The van der Waals surface area contributed by atoms with Gasteiger partial charge in [-0.05, 0) is 24.3 Å². The maximum atomic E-state index is 5.82. The molecule has 0 aliphatic heterocycles. The summed E-state index contributed by atoms with van der Waals surface area (Å²) in [5.41, 5.74) is 1.75. The van der Waals surface area contributed by atoms with Gasteiger partial charge < -0.3 is 14.8 Å². The molecular formula is C13H13ClN2O2. The Morgan fingerprint density at radius 2 is 1.72 bits per heavy atom. The van der Waals surface area contributed by atoms with Crippen LogP contribution in [-0.2, 0) is 0 Å². The first-order chi connectivity index (χ1) is 8.72. The zero-order chi connectivity index (χ0) is 13.0. The number of benzene rings is 1. The van der Waals surface area contributed by atoms with E-state index in [2.05, 4.69) is 10.3 Å². The Hall–Kier alpha value is -1.94. The number of nitrogens with zero attached hydrogens (tertiary/aromatic N) is 1. The lowest BCUT2D eigenvalue weighted by Crippen LogP contribution is -1.94. The molecule has 2 aromatic rings. The molecule has 0 aliphatic carbocycles. The highest BCUT2D eigenvalue weighted by Gasteiger charge is 2.04. The Bertz CT molecular complexity index is 546. The lowest BCUT2D eigenvalue weighted by Gasteiger charge is -2.11. The quantitative estimate of drug-likeness (QED) is 0.859. The second-order valence-corrected chi connectivity index (χ2v) is 3.95.